The predicted octanol–water partition coefficient (Wildman–Crippen LogP) is 5.11. The minimum Gasteiger partial charge on any atom is -0.467 e. The lowest BCUT2D eigenvalue weighted by atomic mass is 10.2. The van der Waals surface area contributed by atoms with Crippen molar-refractivity contribution < 1.29 is 22.7 Å². The van der Waals surface area contributed by atoms with Crippen LogP contribution in [0.1, 0.15) is 5.69 Å². The number of halogens is 4. The third-order valence-corrected chi connectivity index (χ3v) is 4.64. The molecule has 2 aromatic heterocycles. The molecule has 0 saturated heterocycles. The molecule has 2 heterocycles. The van der Waals surface area contributed by atoms with Crippen LogP contribution in [-0.2, 0) is 11.0 Å². The van der Waals surface area contributed by atoms with E-state index in [9.17, 15) is 18.0 Å². The van der Waals surface area contributed by atoms with Crippen LogP contribution in [0.4, 0.5) is 18.9 Å². The Morgan fingerprint density at radius 2 is 1.90 bits per heavy atom. The summed E-state index contributed by atoms with van der Waals surface area (Å²) >= 11 is 6.10. The summed E-state index contributed by atoms with van der Waals surface area (Å²) < 4.78 is 45.8. The Bertz CT molecular complexity index is 1250. The number of para-hydroxylation sites is 1. The molecule has 0 spiro atoms. The Balaban J connectivity index is 1.57. The summed E-state index contributed by atoms with van der Waals surface area (Å²) in [5.74, 6) is -0.827. The van der Waals surface area contributed by atoms with Gasteiger partial charge in [0.05, 0.1) is 21.9 Å². The number of anilines is 1. The van der Waals surface area contributed by atoms with Crippen LogP contribution in [0.15, 0.2) is 66.9 Å². The molecule has 4 rings (SSSR count). The van der Waals surface area contributed by atoms with E-state index in [-0.39, 0.29) is 16.6 Å². The Hall–Kier alpha value is -3.59. The maximum absolute atomic E-state index is 13.2. The molecule has 4 aromatic rings. The zero-order valence-electron chi connectivity index (χ0n) is 15.7. The van der Waals surface area contributed by atoms with Crippen LogP contribution < -0.4 is 10.1 Å². The largest absolute Gasteiger partial charge is 0.467 e. The number of carbonyl (C=O) groups excluding carboxylic acids is 1. The summed E-state index contributed by atoms with van der Waals surface area (Å²) in [4.78, 5) is 16.6. The van der Waals surface area contributed by atoms with E-state index in [1.165, 1.54) is 12.1 Å². The molecule has 0 atom stereocenters. The molecule has 0 aliphatic rings. The van der Waals surface area contributed by atoms with Gasteiger partial charge in [0.1, 0.15) is 0 Å². The first kappa shape index (κ1) is 20.7. The highest BCUT2D eigenvalue weighted by atomic mass is 35.5. The molecular weight excluding hydrogens is 433 g/mol. The van der Waals surface area contributed by atoms with E-state index in [1.54, 1.807) is 48.7 Å². The monoisotopic (exact) mass is 446 g/mol. The molecule has 0 aliphatic carbocycles. The molecule has 31 heavy (non-hydrogen) atoms. The summed E-state index contributed by atoms with van der Waals surface area (Å²) in [6.45, 7) is -0.538. The molecule has 0 saturated carbocycles. The van der Waals surface area contributed by atoms with Crippen molar-refractivity contribution in [3.8, 4) is 11.6 Å². The van der Waals surface area contributed by atoms with Gasteiger partial charge in [0.25, 0.3) is 5.91 Å². The van der Waals surface area contributed by atoms with Crippen LogP contribution in [0.5, 0.6) is 5.88 Å². The number of benzene rings is 2. The summed E-state index contributed by atoms with van der Waals surface area (Å²) in [6.07, 6.45) is -3.06. The van der Waals surface area contributed by atoms with Gasteiger partial charge in [-0.1, -0.05) is 29.8 Å². The smallest absolute Gasteiger partial charge is 0.435 e. The highest BCUT2D eigenvalue weighted by molar-refractivity contribution is 6.32. The van der Waals surface area contributed by atoms with Crippen LogP contribution >= 0.6 is 11.6 Å². The third-order valence-electron chi connectivity index (χ3n) is 4.32. The number of rotatable bonds is 5. The quantitative estimate of drug-likeness (QED) is 0.462. The molecule has 158 valence electrons. The van der Waals surface area contributed by atoms with Crippen molar-refractivity contribution in [2.75, 3.05) is 11.9 Å². The molecule has 1 amide bonds. The fourth-order valence-electron chi connectivity index (χ4n) is 2.94. The summed E-state index contributed by atoms with van der Waals surface area (Å²) in [5, 5.41) is 7.14. The van der Waals surface area contributed by atoms with E-state index < -0.39 is 24.4 Å². The fourth-order valence-corrected chi connectivity index (χ4v) is 3.16. The molecule has 0 unspecified atom stereocenters. The number of amides is 1. The van der Waals surface area contributed by atoms with Gasteiger partial charge >= 0.3 is 6.18 Å². The number of hydrogen-bond donors (Lipinski definition) is 1. The van der Waals surface area contributed by atoms with Crippen LogP contribution in [0.3, 0.4) is 0 Å². The van der Waals surface area contributed by atoms with E-state index in [1.807, 2.05) is 0 Å². The lowest BCUT2D eigenvalue weighted by Crippen LogP contribution is -2.21. The number of nitrogens with one attached hydrogen (secondary N) is 1. The SMILES string of the molecule is O=C(COc1cc(C(F)(F)F)nn1-c1ccccc1Cl)Nc1cccc2ncccc12. The molecule has 0 aliphatic heterocycles. The average molecular weight is 447 g/mol. The summed E-state index contributed by atoms with van der Waals surface area (Å²) in [5.41, 5.74) is 0.223. The molecule has 0 bridgehead atoms. The highest BCUT2D eigenvalue weighted by Crippen LogP contribution is 2.33. The third kappa shape index (κ3) is 4.46. The van der Waals surface area contributed by atoms with Crippen LogP contribution in [0.2, 0.25) is 5.02 Å². The first-order valence-corrected chi connectivity index (χ1v) is 9.39. The van der Waals surface area contributed by atoms with E-state index in [4.69, 9.17) is 16.3 Å². The first-order chi connectivity index (χ1) is 14.8. The maximum atomic E-state index is 13.2. The number of pyridine rings is 1. The number of hydrogen-bond acceptors (Lipinski definition) is 4. The zero-order chi connectivity index (χ0) is 22.0. The van der Waals surface area contributed by atoms with Gasteiger partial charge in [0.2, 0.25) is 5.88 Å². The van der Waals surface area contributed by atoms with Crippen molar-refractivity contribution in [1.29, 1.82) is 0 Å². The van der Waals surface area contributed by atoms with Gasteiger partial charge in [-0.15, -0.1) is 0 Å². The topological polar surface area (TPSA) is 69.0 Å². The fraction of sp³-hybridized carbons (Fsp3) is 0.0952. The second kappa shape index (κ2) is 8.27. The van der Waals surface area contributed by atoms with Crippen molar-refractivity contribution >= 4 is 34.1 Å². The number of ether oxygens (including phenoxy) is 1. The normalized spacial score (nSPS) is 11.5. The Morgan fingerprint density at radius 3 is 2.68 bits per heavy atom. The first-order valence-electron chi connectivity index (χ1n) is 9.01. The van der Waals surface area contributed by atoms with Crippen LogP contribution in [0.25, 0.3) is 16.6 Å². The second-order valence-corrected chi connectivity index (χ2v) is 6.85. The van der Waals surface area contributed by atoms with E-state index in [0.717, 1.165) is 16.1 Å². The van der Waals surface area contributed by atoms with Gasteiger partial charge in [-0.05, 0) is 36.4 Å². The summed E-state index contributed by atoms with van der Waals surface area (Å²) in [7, 11) is 0. The van der Waals surface area contributed by atoms with Gasteiger partial charge in [-0.3, -0.25) is 9.78 Å². The van der Waals surface area contributed by atoms with Gasteiger partial charge in [-0.2, -0.15) is 23.0 Å². The van der Waals surface area contributed by atoms with Gasteiger partial charge < -0.3 is 10.1 Å². The Labute approximate surface area is 179 Å². The van der Waals surface area contributed by atoms with Gasteiger partial charge in [-0.25, -0.2) is 0 Å². The number of carbonyl (C=O) groups is 1. The lowest BCUT2D eigenvalue weighted by Gasteiger charge is -2.11. The molecular formula is C21H14ClF3N4O2. The zero-order valence-corrected chi connectivity index (χ0v) is 16.5. The predicted molar refractivity (Wildman–Crippen MR) is 109 cm³/mol. The van der Waals surface area contributed by atoms with Crippen molar-refractivity contribution in [1.82, 2.24) is 14.8 Å². The van der Waals surface area contributed by atoms with E-state index >= 15 is 0 Å². The molecule has 6 nitrogen and oxygen atoms in total. The van der Waals surface area contributed by atoms with Crippen molar-refractivity contribution in [3.05, 3.63) is 77.6 Å². The lowest BCUT2D eigenvalue weighted by molar-refractivity contribution is -0.141. The minimum absolute atomic E-state index is 0.178. The number of fused-ring (bicyclic) bond motifs is 1. The molecule has 0 fully saturated rings. The second-order valence-electron chi connectivity index (χ2n) is 6.44. The van der Waals surface area contributed by atoms with Gasteiger partial charge in [0, 0.05) is 17.6 Å². The van der Waals surface area contributed by atoms with Crippen molar-refractivity contribution in [2.45, 2.75) is 6.18 Å². The maximum Gasteiger partial charge on any atom is 0.435 e. The van der Waals surface area contributed by atoms with Gasteiger partial charge in [0.15, 0.2) is 12.3 Å². The van der Waals surface area contributed by atoms with Crippen LogP contribution in [-0.4, -0.2) is 27.3 Å². The number of nitrogens with zero attached hydrogens (tertiary/aromatic N) is 3. The van der Waals surface area contributed by atoms with Crippen molar-refractivity contribution in [3.63, 3.8) is 0 Å². The Morgan fingerprint density at radius 1 is 1.10 bits per heavy atom. The molecule has 1 N–H and O–H groups in total. The van der Waals surface area contributed by atoms with Crippen molar-refractivity contribution in [2.24, 2.45) is 0 Å². The molecule has 10 heteroatoms. The number of alkyl halides is 3. The average Bonchev–Trinajstić information content (AvgIpc) is 3.17. The van der Waals surface area contributed by atoms with E-state index in [0.29, 0.717) is 11.2 Å². The number of aromatic nitrogens is 3. The molecule has 2 aromatic carbocycles. The molecule has 0 radical (unpaired) electrons. The standard InChI is InChI=1S/C21H14ClF3N4O2/c22-14-6-1-2-9-17(14)29-20(11-18(28-29)21(23,24)25)31-12-19(30)27-16-8-3-7-15-13(16)5-4-10-26-15/h1-11H,12H2,(H,27,30). The van der Waals surface area contributed by atoms with E-state index in [2.05, 4.69) is 15.4 Å². The van der Waals surface area contributed by atoms with Crippen LogP contribution in [0, 0.1) is 0 Å². The summed E-state index contributed by atoms with van der Waals surface area (Å²) in [6, 6.07) is 15.7. The minimum atomic E-state index is -4.69. The Kier molecular flexibility index (Phi) is 5.51. The highest BCUT2D eigenvalue weighted by Gasteiger charge is 2.36.